The van der Waals surface area contributed by atoms with Crippen LogP contribution in [-0.4, -0.2) is 18.1 Å². The van der Waals surface area contributed by atoms with Gasteiger partial charge in [0.2, 0.25) is 0 Å². The van der Waals surface area contributed by atoms with Crippen LogP contribution in [-0.2, 0) is 0 Å². The minimum atomic E-state index is 0.493. The van der Waals surface area contributed by atoms with Gasteiger partial charge in [0.15, 0.2) is 0 Å². The molecule has 118 valence electrons. The summed E-state index contributed by atoms with van der Waals surface area (Å²) < 4.78 is 0. The molecule has 0 heterocycles. The third kappa shape index (κ3) is 5.66. The molecule has 2 nitrogen and oxygen atoms in total. The van der Waals surface area contributed by atoms with E-state index in [1.165, 1.54) is 24.1 Å². The zero-order valence-corrected chi connectivity index (χ0v) is 15.0. The van der Waals surface area contributed by atoms with Gasteiger partial charge < -0.3 is 10.6 Å². The SMILES string of the molecule is Cc1cccc(C(N)=S)c1N(CCC(C)C)CCC(C)C. The maximum absolute atomic E-state index is 5.94. The fraction of sp³-hybridized carbons (Fsp3) is 0.611. The molecule has 1 rings (SSSR count). The second-order valence-corrected chi connectivity index (χ2v) is 7.13. The smallest absolute Gasteiger partial charge is 0.106 e. The van der Waals surface area contributed by atoms with E-state index in [1.54, 1.807) is 0 Å². The molecule has 0 radical (unpaired) electrons. The van der Waals surface area contributed by atoms with Crippen molar-refractivity contribution < 1.29 is 0 Å². The van der Waals surface area contributed by atoms with E-state index in [2.05, 4.69) is 45.6 Å². The number of hydrogen-bond donors (Lipinski definition) is 1. The zero-order chi connectivity index (χ0) is 16.0. The van der Waals surface area contributed by atoms with Gasteiger partial charge in [-0.2, -0.15) is 0 Å². The van der Waals surface area contributed by atoms with E-state index < -0.39 is 0 Å². The van der Waals surface area contributed by atoms with Crippen LogP contribution in [0.3, 0.4) is 0 Å². The number of benzene rings is 1. The molecule has 3 heteroatoms. The van der Waals surface area contributed by atoms with Crippen LogP contribution in [0.2, 0.25) is 0 Å². The predicted molar refractivity (Wildman–Crippen MR) is 98.2 cm³/mol. The molecule has 2 N–H and O–H groups in total. The Labute approximate surface area is 135 Å². The molecule has 0 atom stereocenters. The van der Waals surface area contributed by atoms with Crippen molar-refractivity contribution in [2.24, 2.45) is 17.6 Å². The van der Waals surface area contributed by atoms with Crippen LogP contribution in [0.15, 0.2) is 18.2 Å². The summed E-state index contributed by atoms with van der Waals surface area (Å²) in [6.45, 7) is 13.4. The van der Waals surface area contributed by atoms with Gasteiger partial charge in [0.1, 0.15) is 4.99 Å². The number of aryl methyl sites for hydroxylation is 1. The van der Waals surface area contributed by atoms with Crippen LogP contribution in [0.25, 0.3) is 0 Å². The lowest BCUT2D eigenvalue weighted by Crippen LogP contribution is -2.30. The van der Waals surface area contributed by atoms with Crippen molar-refractivity contribution in [3.05, 3.63) is 29.3 Å². The Kier molecular flexibility index (Phi) is 7.16. The van der Waals surface area contributed by atoms with Gasteiger partial charge in [-0.3, -0.25) is 0 Å². The fourth-order valence-electron chi connectivity index (χ4n) is 2.44. The summed E-state index contributed by atoms with van der Waals surface area (Å²) in [7, 11) is 0. The van der Waals surface area contributed by atoms with Crippen LogP contribution in [0.5, 0.6) is 0 Å². The molecule has 0 aliphatic heterocycles. The molecule has 0 aromatic heterocycles. The highest BCUT2D eigenvalue weighted by atomic mass is 32.1. The van der Waals surface area contributed by atoms with Crippen LogP contribution in [0.4, 0.5) is 5.69 Å². The third-order valence-corrected chi connectivity index (χ3v) is 3.99. The Morgan fingerprint density at radius 3 is 2.05 bits per heavy atom. The molecule has 0 aliphatic carbocycles. The van der Waals surface area contributed by atoms with E-state index in [0.717, 1.165) is 18.7 Å². The number of nitrogens with two attached hydrogens (primary N) is 1. The van der Waals surface area contributed by atoms with Gasteiger partial charge in [0.05, 0.1) is 0 Å². The minimum Gasteiger partial charge on any atom is -0.389 e. The van der Waals surface area contributed by atoms with Gasteiger partial charge in [0, 0.05) is 24.3 Å². The van der Waals surface area contributed by atoms with Gasteiger partial charge >= 0.3 is 0 Å². The topological polar surface area (TPSA) is 29.3 Å². The largest absolute Gasteiger partial charge is 0.389 e. The highest BCUT2D eigenvalue weighted by Crippen LogP contribution is 2.27. The lowest BCUT2D eigenvalue weighted by molar-refractivity contribution is 0.535. The number of nitrogens with zero attached hydrogens (tertiary/aromatic N) is 1. The summed E-state index contributed by atoms with van der Waals surface area (Å²) in [6.07, 6.45) is 2.37. The van der Waals surface area contributed by atoms with Gasteiger partial charge in [-0.05, 0) is 43.2 Å². The summed E-state index contributed by atoms with van der Waals surface area (Å²) in [5, 5.41) is 0. The lowest BCUT2D eigenvalue weighted by atomic mass is 10.0. The number of rotatable bonds is 8. The Bertz CT molecular complexity index is 454. The quantitative estimate of drug-likeness (QED) is 0.716. The molecule has 1 aromatic rings. The van der Waals surface area contributed by atoms with E-state index in [9.17, 15) is 0 Å². The lowest BCUT2D eigenvalue weighted by Gasteiger charge is -2.30. The van der Waals surface area contributed by atoms with Crippen LogP contribution < -0.4 is 10.6 Å². The van der Waals surface area contributed by atoms with Crippen molar-refractivity contribution in [1.29, 1.82) is 0 Å². The molecule has 0 amide bonds. The average molecular weight is 307 g/mol. The Hall–Kier alpha value is -1.09. The predicted octanol–water partition coefficient (Wildman–Crippen LogP) is 4.53. The highest BCUT2D eigenvalue weighted by Gasteiger charge is 2.16. The molecule has 0 bridgehead atoms. The molecular weight excluding hydrogens is 276 g/mol. The summed E-state index contributed by atoms with van der Waals surface area (Å²) in [5.74, 6) is 1.40. The van der Waals surface area contributed by atoms with Gasteiger partial charge in [0.25, 0.3) is 0 Å². The summed E-state index contributed by atoms with van der Waals surface area (Å²) in [4.78, 5) is 2.97. The van der Waals surface area contributed by atoms with E-state index >= 15 is 0 Å². The van der Waals surface area contributed by atoms with Crippen molar-refractivity contribution in [2.75, 3.05) is 18.0 Å². The highest BCUT2D eigenvalue weighted by molar-refractivity contribution is 7.80. The molecule has 0 aliphatic rings. The standard InChI is InChI=1S/C18H30N2S/c1-13(2)9-11-20(12-10-14(3)4)17-15(5)7-6-8-16(17)18(19)21/h6-8,13-14H,9-12H2,1-5H3,(H2,19,21). The molecule has 1 aromatic carbocycles. The maximum Gasteiger partial charge on any atom is 0.106 e. The average Bonchev–Trinajstić information content (AvgIpc) is 2.38. The number of para-hydroxylation sites is 1. The second kappa shape index (κ2) is 8.38. The first-order valence-corrected chi connectivity index (χ1v) is 8.38. The number of thiocarbonyl (C=S) groups is 1. The minimum absolute atomic E-state index is 0.493. The van der Waals surface area contributed by atoms with E-state index in [0.29, 0.717) is 16.8 Å². The molecule has 0 unspecified atom stereocenters. The molecule has 0 fully saturated rings. The summed E-state index contributed by atoms with van der Waals surface area (Å²) in [5.41, 5.74) is 9.43. The van der Waals surface area contributed by atoms with Crippen molar-refractivity contribution in [2.45, 2.75) is 47.5 Å². The zero-order valence-electron chi connectivity index (χ0n) is 14.1. The fourth-order valence-corrected chi connectivity index (χ4v) is 2.61. The van der Waals surface area contributed by atoms with Crippen LogP contribution >= 0.6 is 12.2 Å². The first-order valence-electron chi connectivity index (χ1n) is 7.97. The molecule has 21 heavy (non-hydrogen) atoms. The Morgan fingerprint density at radius 2 is 1.62 bits per heavy atom. The first kappa shape index (κ1) is 18.0. The van der Waals surface area contributed by atoms with Crippen LogP contribution in [0, 0.1) is 18.8 Å². The first-order chi connectivity index (χ1) is 9.82. The van der Waals surface area contributed by atoms with E-state index in [4.69, 9.17) is 18.0 Å². The molecule has 0 saturated heterocycles. The Balaban J connectivity index is 3.08. The maximum atomic E-state index is 5.94. The molecular formula is C18H30N2S. The monoisotopic (exact) mass is 306 g/mol. The third-order valence-electron chi connectivity index (χ3n) is 3.77. The van der Waals surface area contributed by atoms with Crippen LogP contribution in [0.1, 0.15) is 51.7 Å². The van der Waals surface area contributed by atoms with Crippen molar-refractivity contribution in [3.63, 3.8) is 0 Å². The van der Waals surface area contributed by atoms with E-state index in [-0.39, 0.29) is 0 Å². The number of anilines is 1. The van der Waals surface area contributed by atoms with Gasteiger partial charge in [-0.15, -0.1) is 0 Å². The Morgan fingerprint density at radius 1 is 1.10 bits per heavy atom. The second-order valence-electron chi connectivity index (χ2n) is 6.69. The van der Waals surface area contributed by atoms with E-state index in [1.807, 2.05) is 12.1 Å². The van der Waals surface area contributed by atoms with Gasteiger partial charge in [-0.1, -0.05) is 52.0 Å². The molecule has 0 saturated carbocycles. The van der Waals surface area contributed by atoms with Gasteiger partial charge in [-0.25, -0.2) is 0 Å². The van der Waals surface area contributed by atoms with Crippen molar-refractivity contribution >= 4 is 22.9 Å². The summed E-state index contributed by atoms with van der Waals surface area (Å²) >= 11 is 5.25. The van der Waals surface area contributed by atoms with Crippen molar-refractivity contribution in [3.8, 4) is 0 Å². The molecule has 0 spiro atoms. The summed E-state index contributed by atoms with van der Waals surface area (Å²) in [6, 6.07) is 6.23. The normalized spacial score (nSPS) is 11.2. The number of hydrogen-bond acceptors (Lipinski definition) is 2. The van der Waals surface area contributed by atoms with Crippen molar-refractivity contribution in [1.82, 2.24) is 0 Å².